The summed E-state index contributed by atoms with van der Waals surface area (Å²) in [4.78, 5) is 38.5. The molecule has 0 unspecified atom stereocenters. The molecule has 4 aliphatic rings. The number of hydrogen-bond donors (Lipinski definition) is 0. The number of ether oxygens (including phenoxy) is 1. The van der Waals surface area contributed by atoms with Crippen LogP contribution in [0.5, 0.6) is 0 Å². The molecule has 0 spiro atoms. The highest BCUT2D eigenvalue weighted by Crippen LogP contribution is 2.70. The Labute approximate surface area is 200 Å². The Bertz CT molecular complexity index is 858. The molecule has 8 atom stereocenters. The molecule has 0 aromatic carbocycles. The van der Waals surface area contributed by atoms with Crippen molar-refractivity contribution in [3.63, 3.8) is 0 Å². The average Bonchev–Trinajstić information content (AvgIpc) is 2.98. The number of rotatable bonds is 6. The Morgan fingerprint density at radius 1 is 1.09 bits per heavy atom. The molecule has 0 N–H and O–H groups in total. The standard InChI is InChI=1S/C29H44O4/c1-7-8-9-10-26(32)33-29(20(4)30)19(3)16-25-22-15-18(2)24-17-21(31)11-13-27(24,5)23(22)12-14-28(25,29)6/h17-19,22-23,25H,7-16H2,1-6H3/t18-,19+,22+,23-,25-,27+,28-,29+/m0/s1. The van der Waals surface area contributed by atoms with Gasteiger partial charge in [-0.2, -0.15) is 0 Å². The Kier molecular flexibility index (Phi) is 6.46. The largest absolute Gasteiger partial charge is 0.450 e. The summed E-state index contributed by atoms with van der Waals surface area (Å²) in [5.74, 6) is 1.97. The fourth-order valence-electron chi connectivity index (χ4n) is 9.10. The molecule has 3 fully saturated rings. The van der Waals surface area contributed by atoms with Crippen LogP contribution >= 0.6 is 0 Å². The third kappa shape index (κ3) is 3.57. The maximum absolute atomic E-state index is 13.3. The van der Waals surface area contributed by atoms with Gasteiger partial charge in [0.1, 0.15) is 0 Å². The molecule has 4 heteroatoms. The second-order valence-electron chi connectivity index (χ2n) is 12.3. The maximum atomic E-state index is 13.3. The molecule has 0 aromatic heterocycles. The van der Waals surface area contributed by atoms with Crippen LogP contribution in [0.15, 0.2) is 11.6 Å². The van der Waals surface area contributed by atoms with Crippen molar-refractivity contribution in [2.75, 3.05) is 0 Å². The summed E-state index contributed by atoms with van der Waals surface area (Å²) in [6.45, 7) is 12.8. The predicted molar refractivity (Wildman–Crippen MR) is 129 cm³/mol. The first-order chi connectivity index (χ1) is 15.5. The van der Waals surface area contributed by atoms with E-state index in [1.54, 1.807) is 6.92 Å². The van der Waals surface area contributed by atoms with Crippen LogP contribution in [0.1, 0.15) is 106 Å². The third-order valence-electron chi connectivity index (χ3n) is 10.6. The van der Waals surface area contributed by atoms with Crippen LogP contribution in [-0.2, 0) is 19.1 Å². The van der Waals surface area contributed by atoms with Crippen LogP contribution in [0.2, 0.25) is 0 Å². The minimum absolute atomic E-state index is 0.0289. The van der Waals surface area contributed by atoms with Crippen molar-refractivity contribution in [3.05, 3.63) is 11.6 Å². The van der Waals surface area contributed by atoms with Crippen molar-refractivity contribution in [1.29, 1.82) is 0 Å². The highest BCUT2D eigenvalue weighted by molar-refractivity contribution is 5.92. The molecule has 3 saturated carbocycles. The summed E-state index contributed by atoms with van der Waals surface area (Å²) in [5, 5.41) is 0. The normalized spacial score (nSPS) is 44.4. The average molecular weight is 457 g/mol. The molecule has 4 nitrogen and oxygen atoms in total. The van der Waals surface area contributed by atoms with Gasteiger partial charge >= 0.3 is 5.97 Å². The molecule has 184 valence electrons. The quantitative estimate of drug-likeness (QED) is 0.340. The number of carbonyl (C=O) groups excluding carboxylic acids is 3. The lowest BCUT2D eigenvalue weighted by Gasteiger charge is -2.60. The lowest BCUT2D eigenvalue weighted by atomic mass is 9.44. The van der Waals surface area contributed by atoms with Crippen LogP contribution in [0.25, 0.3) is 0 Å². The summed E-state index contributed by atoms with van der Waals surface area (Å²) in [6.07, 6.45) is 10.8. The first-order valence-corrected chi connectivity index (χ1v) is 13.5. The van der Waals surface area contributed by atoms with E-state index in [1.165, 1.54) is 5.57 Å². The number of carbonyl (C=O) groups is 3. The Balaban J connectivity index is 1.67. The number of allylic oxidation sites excluding steroid dienone is 1. The van der Waals surface area contributed by atoms with Crippen molar-refractivity contribution in [1.82, 2.24) is 0 Å². The van der Waals surface area contributed by atoms with Gasteiger partial charge in [-0.25, -0.2) is 0 Å². The van der Waals surface area contributed by atoms with E-state index in [2.05, 4.69) is 34.6 Å². The number of ketones is 2. The minimum atomic E-state index is -1.01. The molecule has 0 amide bonds. The van der Waals surface area contributed by atoms with Gasteiger partial charge in [-0.05, 0) is 80.6 Å². The Morgan fingerprint density at radius 2 is 1.82 bits per heavy atom. The predicted octanol–water partition coefficient (Wildman–Crippen LogP) is 6.46. The zero-order valence-corrected chi connectivity index (χ0v) is 21.7. The van der Waals surface area contributed by atoms with Gasteiger partial charge in [-0.15, -0.1) is 0 Å². The summed E-state index contributed by atoms with van der Waals surface area (Å²) in [6, 6.07) is 0. The van der Waals surface area contributed by atoms with Crippen LogP contribution < -0.4 is 0 Å². The van der Waals surface area contributed by atoms with Gasteiger partial charge in [0.05, 0.1) is 0 Å². The zero-order valence-electron chi connectivity index (χ0n) is 21.7. The summed E-state index contributed by atoms with van der Waals surface area (Å²) in [5.41, 5.74) is 0.130. The van der Waals surface area contributed by atoms with Crippen molar-refractivity contribution in [3.8, 4) is 0 Å². The SMILES string of the molecule is CCCCCC(=O)O[C@@]1(C(C)=O)[C@H](C)C[C@H]2[C@@H]3C[C@H](C)C4=CC(=O)CC[C@]4(C)[C@H]3CC[C@@]21C. The monoisotopic (exact) mass is 456 g/mol. The molecular formula is C29H44O4. The maximum Gasteiger partial charge on any atom is 0.306 e. The highest BCUT2D eigenvalue weighted by atomic mass is 16.6. The van der Waals surface area contributed by atoms with E-state index in [1.807, 2.05) is 6.08 Å². The molecule has 4 rings (SSSR count). The lowest BCUT2D eigenvalue weighted by Crippen LogP contribution is -2.60. The third-order valence-corrected chi connectivity index (χ3v) is 10.6. The molecule has 33 heavy (non-hydrogen) atoms. The van der Waals surface area contributed by atoms with Gasteiger partial charge in [0, 0.05) is 24.2 Å². The van der Waals surface area contributed by atoms with Crippen LogP contribution in [0.4, 0.5) is 0 Å². The zero-order chi connectivity index (χ0) is 24.2. The van der Waals surface area contributed by atoms with E-state index >= 15 is 0 Å². The van der Waals surface area contributed by atoms with E-state index in [9.17, 15) is 14.4 Å². The van der Waals surface area contributed by atoms with Crippen molar-refractivity contribution < 1.29 is 19.1 Å². The van der Waals surface area contributed by atoms with Crippen molar-refractivity contribution in [2.24, 2.45) is 40.4 Å². The van der Waals surface area contributed by atoms with E-state index in [0.717, 1.165) is 51.4 Å². The Morgan fingerprint density at radius 3 is 2.48 bits per heavy atom. The molecule has 0 heterocycles. The number of Topliss-reactive ketones (excluding diaryl/α,β-unsaturated/α-hetero) is 1. The summed E-state index contributed by atoms with van der Waals surface area (Å²) < 4.78 is 6.30. The lowest BCUT2D eigenvalue weighted by molar-refractivity contribution is -0.195. The molecule has 0 radical (unpaired) electrons. The first-order valence-electron chi connectivity index (χ1n) is 13.5. The fraction of sp³-hybridized carbons (Fsp3) is 0.828. The van der Waals surface area contributed by atoms with Gasteiger partial charge in [0.25, 0.3) is 0 Å². The Hall–Kier alpha value is -1.45. The molecule has 0 aliphatic heterocycles. The molecule has 4 aliphatic carbocycles. The van der Waals surface area contributed by atoms with E-state index < -0.39 is 5.60 Å². The van der Waals surface area contributed by atoms with Crippen molar-refractivity contribution >= 4 is 17.5 Å². The molecular weight excluding hydrogens is 412 g/mol. The molecule has 0 aromatic rings. The highest BCUT2D eigenvalue weighted by Gasteiger charge is 2.70. The first kappa shape index (κ1) is 24.7. The number of hydrogen-bond acceptors (Lipinski definition) is 4. The fourth-order valence-corrected chi connectivity index (χ4v) is 9.10. The van der Waals surface area contributed by atoms with Crippen LogP contribution in [0, 0.1) is 40.4 Å². The number of esters is 1. The van der Waals surface area contributed by atoms with Gasteiger partial charge in [-0.1, -0.05) is 53.0 Å². The summed E-state index contributed by atoms with van der Waals surface area (Å²) in [7, 11) is 0. The second-order valence-corrected chi connectivity index (χ2v) is 12.3. The number of fused-ring (bicyclic) bond motifs is 5. The number of unbranched alkanes of at least 4 members (excludes halogenated alkanes) is 2. The van der Waals surface area contributed by atoms with Crippen molar-refractivity contribution in [2.45, 2.75) is 111 Å². The van der Waals surface area contributed by atoms with Gasteiger partial charge in [0.2, 0.25) is 0 Å². The van der Waals surface area contributed by atoms with Crippen LogP contribution in [-0.4, -0.2) is 23.1 Å². The second kappa shape index (κ2) is 8.64. The van der Waals surface area contributed by atoms with Crippen LogP contribution in [0.3, 0.4) is 0 Å². The van der Waals surface area contributed by atoms with E-state index in [0.29, 0.717) is 36.5 Å². The van der Waals surface area contributed by atoms with E-state index in [4.69, 9.17) is 4.74 Å². The van der Waals surface area contributed by atoms with E-state index in [-0.39, 0.29) is 34.3 Å². The minimum Gasteiger partial charge on any atom is -0.450 e. The topological polar surface area (TPSA) is 60.4 Å². The summed E-state index contributed by atoms with van der Waals surface area (Å²) >= 11 is 0. The van der Waals surface area contributed by atoms with Gasteiger partial charge in [0.15, 0.2) is 17.2 Å². The molecule has 0 saturated heterocycles. The van der Waals surface area contributed by atoms with Gasteiger partial charge in [-0.3, -0.25) is 14.4 Å². The van der Waals surface area contributed by atoms with Gasteiger partial charge < -0.3 is 4.74 Å². The smallest absolute Gasteiger partial charge is 0.306 e. The molecule has 0 bridgehead atoms.